The number of aromatic nitrogens is 3. The fourth-order valence-electron chi connectivity index (χ4n) is 9.08. The summed E-state index contributed by atoms with van der Waals surface area (Å²) in [5.41, 5.74) is 13.7. The first-order chi connectivity index (χ1) is 31.2. The highest BCUT2D eigenvalue weighted by atomic mass is 16.3. The smallest absolute Gasteiger partial charge is 0.164 e. The number of para-hydroxylation sites is 2. The Morgan fingerprint density at radius 1 is 0.254 bits per heavy atom. The van der Waals surface area contributed by atoms with Gasteiger partial charge in [0.2, 0.25) is 0 Å². The molecule has 13 rings (SSSR count). The molecule has 0 unspecified atom stereocenters. The zero-order valence-corrected chi connectivity index (χ0v) is 33.6. The van der Waals surface area contributed by atoms with Gasteiger partial charge in [0.05, 0.1) is 0 Å². The van der Waals surface area contributed by atoms with E-state index in [0.717, 1.165) is 116 Å². The normalized spacial score (nSPS) is 11.8. The summed E-state index contributed by atoms with van der Waals surface area (Å²) in [5.74, 6) is 1.73. The van der Waals surface area contributed by atoms with Crippen LogP contribution >= 0.6 is 0 Å². The van der Waals surface area contributed by atoms with Crippen molar-refractivity contribution in [3.8, 4) is 67.5 Å². The Kier molecular flexibility index (Phi) is 7.80. The van der Waals surface area contributed by atoms with E-state index in [-0.39, 0.29) is 0 Å². The topological polar surface area (TPSA) is 78.1 Å². The molecule has 0 N–H and O–H groups in total. The van der Waals surface area contributed by atoms with E-state index in [1.54, 1.807) is 0 Å². The molecule has 0 saturated heterocycles. The van der Waals surface area contributed by atoms with Gasteiger partial charge in [-0.1, -0.05) is 146 Å². The van der Waals surface area contributed by atoms with Gasteiger partial charge in [-0.05, 0) is 82.4 Å². The van der Waals surface area contributed by atoms with Crippen molar-refractivity contribution in [2.45, 2.75) is 0 Å². The summed E-state index contributed by atoms with van der Waals surface area (Å²) in [6.45, 7) is 0. The third-order valence-corrected chi connectivity index (χ3v) is 12.2. The summed E-state index contributed by atoms with van der Waals surface area (Å²) in [5, 5.41) is 6.19. The van der Waals surface area contributed by atoms with Crippen molar-refractivity contribution in [2.24, 2.45) is 0 Å². The quantitative estimate of drug-likeness (QED) is 0.166. The molecule has 13 aromatic rings. The number of benzene rings is 9. The number of hydrogen-bond donors (Lipinski definition) is 0. The molecule has 6 heteroatoms. The van der Waals surface area contributed by atoms with Crippen LogP contribution in [0, 0.1) is 0 Å². The molecule has 9 aromatic carbocycles. The standard InChI is InChI=1S/C57H33N3O3/c1-3-12-34(13-4-1)35-22-24-37(25-23-35)56-58-55(36-14-5-2-6-15-36)59-57(60-56)45-18-11-21-50-53(45)47-31-40(38-26-28-43-41-16-7-9-19-48(41)61-51(43)32-38)30-46(54(47)63-50)39-27-29-44-42-17-8-10-20-49(42)62-52(44)33-39/h1-33H. The van der Waals surface area contributed by atoms with Crippen LogP contribution in [-0.4, -0.2) is 15.0 Å². The minimum atomic E-state index is 0.554. The van der Waals surface area contributed by atoms with Gasteiger partial charge in [-0.3, -0.25) is 0 Å². The van der Waals surface area contributed by atoms with Crippen LogP contribution in [0.2, 0.25) is 0 Å². The van der Waals surface area contributed by atoms with Crippen LogP contribution in [0.25, 0.3) is 133 Å². The van der Waals surface area contributed by atoms with Gasteiger partial charge >= 0.3 is 0 Å². The molecule has 6 nitrogen and oxygen atoms in total. The van der Waals surface area contributed by atoms with Gasteiger partial charge in [0.15, 0.2) is 17.5 Å². The van der Waals surface area contributed by atoms with Gasteiger partial charge < -0.3 is 13.3 Å². The second kappa shape index (κ2) is 14.0. The lowest BCUT2D eigenvalue weighted by atomic mass is 9.94. The predicted octanol–water partition coefficient (Wildman–Crippen LogP) is 15.6. The minimum absolute atomic E-state index is 0.554. The second-order valence-electron chi connectivity index (χ2n) is 15.9. The maximum atomic E-state index is 6.94. The summed E-state index contributed by atoms with van der Waals surface area (Å²) >= 11 is 0. The maximum absolute atomic E-state index is 6.94. The fourth-order valence-corrected chi connectivity index (χ4v) is 9.08. The van der Waals surface area contributed by atoms with Crippen molar-refractivity contribution in [1.82, 2.24) is 15.0 Å². The van der Waals surface area contributed by atoms with E-state index in [1.807, 2.05) is 84.9 Å². The fraction of sp³-hybridized carbons (Fsp3) is 0. The first kappa shape index (κ1) is 35.2. The molecule has 0 radical (unpaired) electrons. The molecule has 4 aromatic heterocycles. The molecular formula is C57H33N3O3. The van der Waals surface area contributed by atoms with Crippen LogP contribution in [-0.2, 0) is 0 Å². The highest BCUT2D eigenvalue weighted by Gasteiger charge is 2.22. The van der Waals surface area contributed by atoms with E-state index in [4.69, 9.17) is 28.2 Å². The van der Waals surface area contributed by atoms with Crippen LogP contribution in [0.15, 0.2) is 213 Å². The zero-order valence-electron chi connectivity index (χ0n) is 33.6. The van der Waals surface area contributed by atoms with E-state index in [2.05, 4.69) is 115 Å². The van der Waals surface area contributed by atoms with Gasteiger partial charge in [0.25, 0.3) is 0 Å². The van der Waals surface area contributed by atoms with Gasteiger partial charge in [0, 0.05) is 54.6 Å². The Morgan fingerprint density at radius 2 is 0.746 bits per heavy atom. The zero-order chi connectivity index (χ0) is 41.4. The molecular weight excluding hydrogens is 775 g/mol. The average molecular weight is 808 g/mol. The summed E-state index contributed by atoms with van der Waals surface area (Å²) < 4.78 is 19.7. The summed E-state index contributed by atoms with van der Waals surface area (Å²) in [7, 11) is 0. The molecule has 294 valence electrons. The maximum Gasteiger partial charge on any atom is 0.164 e. The number of furan rings is 3. The molecule has 0 spiro atoms. The summed E-state index contributed by atoms with van der Waals surface area (Å²) in [6, 6.07) is 68.6. The minimum Gasteiger partial charge on any atom is -0.456 e. The third-order valence-electron chi connectivity index (χ3n) is 12.2. The lowest BCUT2D eigenvalue weighted by Crippen LogP contribution is -2.00. The highest BCUT2D eigenvalue weighted by Crippen LogP contribution is 2.45. The largest absolute Gasteiger partial charge is 0.456 e. The van der Waals surface area contributed by atoms with E-state index in [9.17, 15) is 0 Å². The van der Waals surface area contributed by atoms with Crippen LogP contribution in [0.5, 0.6) is 0 Å². The van der Waals surface area contributed by atoms with Crippen molar-refractivity contribution in [2.75, 3.05) is 0 Å². The first-order valence-corrected chi connectivity index (χ1v) is 21.0. The van der Waals surface area contributed by atoms with Gasteiger partial charge in [-0.25, -0.2) is 15.0 Å². The van der Waals surface area contributed by atoms with Crippen molar-refractivity contribution in [3.63, 3.8) is 0 Å². The molecule has 0 atom stereocenters. The molecule has 63 heavy (non-hydrogen) atoms. The van der Waals surface area contributed by atoms with Crippen molar-refractivity contribution >= 4 is 65.8 Å². The van der Waals surface area contributed by atoms with Crippen LogP contribution < -0.4 is 0 Å². The Morgan fingerprint density at radius 3 is 1.43 bits per heavy atom. The highest BCUT2D eigenvalue weighted by molar-refractivity contribution is 6.17. The van der Waals surface area contributed by atoms with E-state index < -0.39 is 0 Å². The van der Waals surface area contributed by atoms with E-state index in [1.165, 1.54) is 0 Å². The SMILES string of the molecule is c1ccc(-c2ccc(-c3nc(-c4ccccc4)nc(-c4cccc5oc6c(-c7ccc8c(c7)oc7ccccc78)cc(-c7ccc8c(c7)oc7ccccc78)cc6c45)n3)cc2)cc1. The van der Waals surface area contributed by atoms with Crippen molar-refractivity contribution in [1.29, 1.82) is 0 Å². The third kappa shape index (κ3) is 5.84. The monoisotopic (exact) mass is 807 g/mol. The molecule has 0 amide bonds. The number of hydrogen-bond acceptors (Lipinski definition) is 6. The van der Waals surface area contributed by atoms with E-state index >= 15 is 0 Å². The Hall–Kier alpha value is -8.61. The molecule has 0 bridgehead atoms. The van der Waals surface area contributed by atoms with E-state index in [0.29, 0.717) is 17.5 Å². The molecule has 0 fully saturated rings. The lowest BCUT2D eigenvalue weighted by Gasteiger charge is -2.11. The first-order valence-electron chi connectivity index (χ1n) is 21.0. The van der Waals surface area contributed by atoms with Crippen molar-refractivity contribution in [3.05, 3.63) is 200 Å². The van der Waals surface area contributed by atoms with Gasteiger partial charge in [0.1, 0.15) is 33.5 Å². The Balaban J connectivity index is 1.04. The van der Waals surface area contributed by atoms with Crippen LogP contribution in [0.1, 0.15) is 0 Å². The number of nitrogens with zero attached hydrogens (tertiary/aromatic N) is 3. The van der Waals surface area contributed by atoms with Crippen LogP contribution in [0.3, 0.4) is 0 Å². The molecule has 4 heterocycles. The van der Waals surface area contributed by atoms with Gasteiger partial charge in [-0.2, -0.15) is 0 Å². The summed E-state index contributed by atoms with van der Waals surface area (Å²) in [6.07, 6.45) is 0. The van der Waals surface area contributed by atoms with Gasteiger partial charge in [-0.15, -0.1) is 0 Å². The van der Waals surface area contributed by atoms with Crippen LogP contribution in [0.4, 0.5) is 0 Å². The average Bonchev–Trinajstić information content (AvgIpc) is 4.05. The molecule has 0 aliphatic rings. The summed E-state index contributed by atoms with van der Waals surface area (Å²) in [4.78, 5) is 15.5. The predicted molar refractivity (Wildman–Crippen MR) is 254 cm³/mol. The number of rotatable bonds is 6. The van der Waals surface area contributed by atoms with Crippen molar-refractivity contribution < 1.29 is 13.3 Å². The lowest BCUT2D eigenvalue weighted by molar-refractivity contribution is 0.668. The molecule has 0 aliphatic carbocycles. The molecule has 0 aliphatic heterocycles. The Labute approximate surface area is 360 Å². The molecule has 0 saturated carbocycles. The number of fused-ring (bicyclic) bond motifs is 9. The Bertz CT molecular complexity index is 3900. The second-order valence-corrected chi connectivity index (χ2v) is 15.9.